The molecule has 2 aromatic rings. The molecule has 0 aliphatic carbocycles. The fourth-order valence-corrected chi connectivity index (χ4v) is 2.56. The number of aryl methyl sites for hydroxylation is 1. The van der Waals surface area contributed by atoms with Crippen LogP contribution in [0.3, 0.4) is 0 Å². The molecule has 2 amide bonds. The molecule has 0 saturated carbocycles. The number of anilines is 1. The second kappa shape index (κ2) is 9.78. The number of methoxy groups -OCH3 is 1. The van der Waals surface area contributed by atoms with Crippen molar-refractivity contribution in [3.05, 3.63) is 47.9 Å². The number of benzene rings is 1. The Balaban J connectivity index is 1.83. The Morgan fingerprint density at radius 2 is 1.81 bits per heavy atom. The maximum absolute atomic E-state index is 12.4. The van der Waals surface area contributed by atoms with Crippen LogP contribution in [0.4, 0.5) is 5.69 Å². The Labute approximate surface area is 159 Å². The highest BCUT2D eigenvalue weighted by Gasteiger charge is 2.17. The van der Waals surface area contributed by atoms with Gasteiger partial charge in [-0.05, 0) is 49.9 Å². The molecule has 0 radical (unpaired) electrons. The number of hydrogen-bond acceptors (Lipinski definition) is 5. The lowest BCUT2D eigenvalue weighted by atomic mass is 10.3. The van der Waals surface area contributed by atoms with Gasteiger partial charge in [-0.15, -0.1) is 0 Å². The van der Waals surface area contributed by atoms with E-state index in [9.17, 15) is 9.59 Å². The first kappa shape index (κ1) is 20.5. The van der Waals surface area contributed by atoms with E-state index in [0.29, 0.717) is 18.8 Å². The van der Waals surface area contributed by atoms with Gasteiger partial charge in [-0.1, -0.05) is 6.92 Å². The molecule has 7 heteroatoms. The number of carbonyl (C=O) groups is 2. The first-order chi connectivity index (χ1) is 12.9. The molecule has 7 nitrogen and oxygen atoms in total. The molecule has 2 rings (SSSR count). The van der Waals surface area contributed by atoms with Crippen LogP contribution < -0.4 is 10.1 Å². The molecule has 27 heavy (non-hydrogen) atoms. The maximum atomic E-state index is 12.4. The van der Waals surface area contributed by atoms with Crippen molar-refractivity contribution >= 4 is 17.5 Å². The highest BCUT2D eigenvalue weighted by Crippen LogP contribution is 2.15. The van der Waals surface area contributed by atoms with E-state index in [1.165, 1.54) is 0 Å². The zero-order valence-corrected chi connectivity index (χ0v) is 16.3. The molecule has 1 N–H and O–H groups in total. The number of nitrogens with one attached hydrogen (secondary N) is 1. The average molecular weight is 373 g/mol. The largest absolute Gasteiger partial charge is 0.497 e. The summed E-state index contributed by atoms with van der Waals surface area (Å²) in [4.78, 5) is 28.1. The van der Waals surface area contributed by atoms with Crippen LogP contribution in [0.2, 0.25) is 0 Å². The monoisotopic (exact) mass is 373 g/mol. The van der Waals surface area contributed by atoms with Crippen molar-refractivity contribution in [2.24, 2.45) is 0 Å². The van der Waals surface area contributed by atoms with Crippen molar-refractivity contribution in [1.82, 2.24) is 9.80 Å². The highest BCUT2D eigenvalue weighted by molar-refractivity contribution is 5.92. The fourth-order valence-electron chi connectivity index (χ4n) is 2.56. The van der Waals surface area contributed by atoms with Crippen LogP contribution in [-0.4, -0.2) is 55.4 Å². The van der Waals surface area contributed by atoms with E-state index in [-0.39, 0.29) is 24.9 Å². The minimum absolute atomic E-state index is 0.0665. The van der Waals surface area contributed by atoms with Crippen molar-refractivity contribution in [1.29, 1.82) is 0 Å². The number of amides is 2. The van der Waals surface area contributed by atoms with Gasteiger partial charge in [0.2, 0.25) is 11.8 Å². The molecular weight excluding hydrogens is 346 g/mol. The SMILES string of the molecule is CCN(CC(=O)Nc1ccc(OC)cc1)CC(=O)N(C)Cc1ccc(C)o1. The predicted molar refractivity (Wildman–Crippen MR) is 104 cm³/mol. The van der Waals surface area contributed by atoms with E-state index in [0.717, 1.165) is 17.3 Å². The lowest BCUT2D eigenvalue weighted by Crippen LogP contribution is -2.41. The molecule has 0 saturated heterocycles. The minimum atomic E-state index is -0.167. The third kappa shape index (κ3) is 6.45. The summed E-state index contributed by atoms with van der Waals surface area (Å²) in [7, 11) is 3.32. The van der Waals surface area contributed by atoms with E-state index in [2.05, 4.69) is 5.32 Å². The molecule has 1 aromatic carbocycles. The summed E-state index contributed by atoms with van der Waals surface area (Å²) in [5.41, 5.74) is 0.688. The molecule has 146 valence electrons. The minimum Gasteiger partial charge on any atom is -0.497 e. The van der Waals surface area contributed by atoms with Crippen LogP contribution >= 0.6 is 0 Å². The van der Waals surface area contributed by atoms with Gasteiger partial charge in [0.1, 0.15) is 17.3 Å². The van der Waals surface area contributed by atoms with Gasteiger partial charge in [-0.2, -0.15) is 0 Å². The molecule has 0 unspecified atom stereocenters. The van der Waals surface area contributed by atoms with Crippen LogP contribution in [0.15, 0.2) is 40.8 Å². The normalized spacial score (nSPS) is 10.7. The number of likely N-dealkylation sites (N-methyl/N-ethyl adjacent to an activating group) is 2. The van der Waals surface area contributed by atoms with E-state index in [1.54, 1.807) is 48.2 Å². The van der Waals surface area contributed by atoms with Gasteiger partial charge in [0.25, 0.3) is 0 Å². The van der Waals surface area contributed by atoms with Gasteiger partial charge < -0.3 is 19.4 Å². The first-order valence-electron chi connectivity index (χ1n) is 8.86. The Bertz CT molecular complexity index is 755. The Hall–Kier alpha value is -2.80. The predicted octanol–water partition coefficient (Wildman–Crippen LogP) is 2.52. The van der Waals surface area contributed by atoms with E-state index < -0.39 is 0 Å². The van der Waals surface area contributed by atoms with Gasteiger partial charge in [-0.25, -0.2) is 0 Å². The second-order valence-electron chi connectivity index (χ2n) is 6.34. The average Bonchev–Trinajstić information content (AvgIpc) is 3.06. The lowest BCUT2D eigenvalue weighted by molar-refractivity contribution is -0.132. The number of furan rings is 1. The number of carbonyl (C=O) groups excluding carboxylic acids is 2. The fraction of sp³-hybridized carbons (Fsp3) is 0.400. The lowest BCUT2D eigenvalue weighted by Gasteiger charge is -2.23. The zero-order valence-electron chi connectivity index (χ0n) is 16.3. The first-order valence-corrected chi connectivity index (χ1v) is 8.86. The third-order valence-corrected chi connectivity index (χ3v) is 4.16. The third-order valence-electron chi connectivity index (χ3n) is 4.16. The number of ether oxygens (including phenoxy) is 1. The van der Waals surface area contributed by atoms with Crippen molar-refractivity contribution in [3.8, 4) is 5.75 Å². The molecule has 0 bridgehead atoms. The second-order valence-corrected chi connectivity index (χ2v) is 6.34. The summed E-state index contributed by atoms with van der Waals surface area (Å²) >= 11 is 0. The molecule has 0 aliphatic rings. The van der Waals surface area contributed by atoms with Crippen LogP contribution in [0.1, 0.15) is 18.4 Å². The molecule has 1 aromatic heterocycles. The topological polar surface area (TPSA) is 75.0 Å². The summed E-state index contributed by atoms with van der Waals surface area (Å²) in [6.45, 7) is 5.10. The Kier molecular flexibility index (Phi) is 7.43. The molecular formula is C20H27N3O4. The van der Waals surface area contributed by atoms with Crippen molar-refractivity contribution < 1.29 is 18.7 Å². The van der Waals surface area contributed by atoms with Gasteiger partial charge >= 0.3 is 0 Å². The van der Waals surface area contributed by atoms with E-state index in [4.69, 9.17) is 9.15 Å². The zero-order chi connectivity index (χ0) is 19.8. The van der Waals surface area contributed by atoms with Crippen LogP contribution in [-0.2, 0) is 16.1 Å². The van der Waals surface area contributed by atoms with Crippen LogP contribution in [0, 0.1) is 6.92 Å². The van der Waals surface area contributed by atoms with E-state index >= 15 is 0 Å². The molecule has 1 heterocycles. The number of rotatable bonds is 9. The van der Waals surface area contributed by atoms with Crippen molar-refractivity contribution in [2.75, 3.05) is 39.1 Å². The maximum Gasteiger partial charge on any atom is 0.238 e. The summed E-state index contributed by atoms with van der Waals surface area (Å²) < 4.78 is 10.6. The van der Waals surface area contributed by atoms with E-state index in [1.807, 2.05) is 26.0 Å². The Morgan fingerprint density at radius 3 is 2.37 bits per heavy atom. The van der Waals surface area contributed by atoms with Crippen LogP contribution in [0.5, 0.6) is 5.75 Å². The quantitative estimate of drug-likeness (QED) is 0.731. The number of hydrogen-bond donors (Lipinski definition) is 1. The molecule has 0 spiro atoms. The standard InChI is InChI=1S/C20H27N3O4/c1-5-23(13-19(24)21-16-7-10-17(26-4)11-8-16)14-20(25)22(3)12-18-9-6-15(2)27-18/h6-11H,5,12-14H2,1-4H3,(H,21,24). The number of nitrogens with zero attached hydrogens (tertiary/aromatic N) is 2. The summed E-state index contributed by atoms with van der Waals surface area (Å²) in [5.74, 6) is 2.05. The van der Waals surface area contributed by atoms with Gasteiger partial charge in [0.05, 0.1) is 26.7 Å². The highest BCUT2D eigenvalue weighted by atomic mass is 16.5. The van der Waals surface area contributed by atoms with Crippen LogP contribution in [0.25, 0.3) is 0 Å². The van der Waals surface area contributed by atoms with Gasteiger partial charge in [0.15, 0.2) is 0 Å². The van der Waals surface area contributed by atoms with Gasteiger partial charge in [0, 0.05) is 12.7 Å². The van der Waals surface area contributed by atoms with Crippen molar-refractivity contribution in [2.45, 2.75) is 20.4 Å². The summed E-state index contributed by atoms with van der Waals surface area (Å²) in [6, 6.07) is 10.8. The van der Waals surface area contributed by atoms with Gasteiger partial charge in [-0.3, -0.25) is 14.5 Å². The van der Waals surface area contributed by atoms with Crippen molar-refractivity contribution in [3.63, 3.8) is 0 Å². The molecule has 0 aliphatic heterocycles. The molecule has 0 fully saturated rings. The Morgan fingerprint density at radius 1 is 1.11 bits per heavy atom. The molecule has 0 atom stereocenters. The summed E-state index contributed by atoms with van der Waals surface area (Å²) in [6.07, 6.45) is 0. The smallest absolute Gasteiger partial charge is 0.238 e. The summed E-state index contributed by atoms with van der Waals surface area (Å²) in [5, 5.41) is 2.83.